The molecule has 1 saturated carbocycles. The molecule has 1 aliphatic carbocycles. The van der Waals surface area contributed by atoms with Crippen molar-refractivity contribution < 1.29 is 28.2 Å². The lowest BCUT2D eigenvalue weighted by Gasteiger charge is -2.22. The summed E-state index contributed by atoms with van der Waals surface area (Å²) in [4.78, 5) is 31.9. The lowest BCUT2D eigenvalue weighted by Crippen LogP contribution is -2.27. The Morgan fingerprint density at radius 3 is 2.47 bits per heavy atom. The smallest absolute Gasteiger partial charge is 0.420 e. The maximum Gasteiger partial charge on any atom is 0.487 e. The van der Waals surface area contributed by atoms with Gasteiger partial charge >= 0.3 is 5.57 Å². The van der Waals surface area contributed by atoms with Crippen LogP contribution in [0.2, 0.25) is 0 Å². The summed E-state index contributed by atoms with van der Waals surface area (Å²) in [5.74, 6) is -0.329. The minimum Gasteiger partial charge on any atom is -0.420 e. The zero-order valence-electron chi connectivity index (χ0n) is 18.3. The van der Waals surface area contributed by atoms with Crippen LogP contribution in [0.15, 0.2) is 36.5 Å². The molecule has 2 aromatic rings. The van der Waals surface area contributed by atoms with Crippen LogP contribution in [-0.2, 0) is 4.79 Å². The third-order valence-corrected chi connectivity index (χ3v) is 6.00. The van der Waals surface area contributed by atoms with E-state index in [9.17, 15) is 23.5 Å². The van der Waals surface area contributed by atoms with Crippen LogP contribution in [-0.4, -0.2) is 46.7 Å². The first-order chi connectivity index (χ1) is 16.2. The first-order valence-corrected chi connectivity index (χ1v) is 11.5. The van der Waals surface area contributed by atoms with Gasteiger partial charge in [-0.15, -0.1) is 8.78 Å². The molecular weight excluding hydrogens is 470 g/mol. The molecule has 1 aromatic heterocycles. The average Bonchev–Trinajstić information content (AvgIpc) is 3.46. The lowest BCUT2D eigenvalue weighted by atomic mass is 10.1. The maximum absolute atomic E-state index is 12.8. The molecule has 0 spiro atoms. The van der Waals surface area contributed by atoms with E-state index in [1.54, 1.807) is 6.07 Å². The highest BCUT2D eigenvalue weighted by Gasteiger charge is 2.29. The third kappa shape index (κ3) is 6.12. The molecule has 2 fully saturated rings. The minimum atomic E-state index is -3.83. The summed E-state index contributed by atoms with van der Waals surface area (Å²) in [6.07, 6.45) is 5.18. The molecule has 0 unspecified atom stereocenters. The van der Waals surface area contributed by atoms with E-state index < -0.39 is 17.6 Å². The van der Waals surface area contributed by atoms with Crippen LogP contribution in [0.25, 0.3) is 0 Å². The molecule has 1 atom stereocenters. The number of halogens is 3. The fraction of sp³-hybridized carbons (Fsp3) is 0.435. The van der Waals surface area contributed by atoms with E-state index in [-0.39, 0.29) is 23.1 Å². The topological polar surface area (TPSA) is 104 Å². The molecule has 0 radical (unpaired) electrons. The van der Waals surface area contributed by atoms with Gasteiger partial charge in [-0.2, -0.15) is 0 Å². The summed E-state index contributed by atoms with van der Waals surface area (Å²) in [6.45, 7) is 0.975. The molecule has 2 amide bonds. The average molecular weight is 495 g/mol. The fourth-order valence-electron chi connectivity index (χ4n) is 4.23. The molecule has 1 aliphatic heterocycles. The van der Waals surface area contributed by atoms with Crippen molar-refractivity contribution in [1.29, 1.82) is 0 Å². The molecule has 11 heteroatoms. The number of anilines is 3. The molecule has 8 nitrogen and oxygen atoms in total. The van der Waals surface area contributed by atoms with Gasteiger partial charge in [0, 0.05) is 42.5 Å². The van der Waals surface area contributed by atoms with Crippen molar-refractivity contribution in [3.63, 3.8) is 0 Å². The number of ether oxygens (including phenoxy) is 1. The number of aromatic nitrogens is 1. The number of aliphatic hydroxyl groups excluding tert-OH is 1. The number of rotatable bonds is 7. The van der Waals surface area contributed by atoms with Crippen LogP contribution in [0.1, 0.15) is 42.5 Å². The Hall–Kier alpha value is -2.98. The van der Waals surface area contributed by atoms with Gasteiger partial charge < -0.3 is 25.4 Å². The van der Waals surface area contributed by atoms with Crippen molar-refractivity contribution in [3.05, 3.63) is 42.1 Å². The zero-order valence-corrected chi connectivity index (χ0v) is 19.0. The molecule has 1 aromatic carbocycles. The Kier molecular flexibility index (Phi) is 7.18. The number of carbonyl (C=O) groups is 2. The van der Waals surface area contributed by atoms with Gasteiger partial charge in [-0.25, -0.2) is 4.98 Å². The van der Waals surface area contributed by atoms with Crippen LogP contribution < -0.4 is 20.3 Å². The zero-order chi connectivity index (χ0) is 24.3. The van der Waals surface area contributed by atoms with Gasteiger partial charge in [-0.1, -0.05) is 12.8 Å². The highest BCUT2D eigenvalue weighted by atomic mass is 35.5. The number of hydrogen-bond donors (Lipinski definition) is 3. The van der Waals surface area contributed by atoms with E-state index in [1.165, 1.54) is 30.5 Å². The van der Waals surface area contributed by atoms with Crippen LogP contribution in [0, 0.1) is 5.92 Å². The van der Waals surface area contributed by atoms with Gasteiger partial charge in [0.05, 0.1) is 17.4 Å². The lowest BCUT2D eigenvalue weighted by molar-refractivity contribution is -0.119. The monoisotopic (exact) mass is 494 g/mol. The van der Waals surface area contributed by atoms with Gasteiger partial charge in [0.1, 0.15) is 5.75 Å². The Bertz CT molecular complexity index is 1040. The summed E-state index contributed by atoms with van der Waals surface area (Å²) in [6, 6.07) is 6.84. The molecule has 0 bridgehead atoms. The van der Waals surface area contributed by atoms with Crippen molar-refractivity contribution in [2.24, 2.45) is 5.92 Å². The minimum absolute atomic E-state index is 0.0735. The quantitative estimate of drug-likeness (QED) is 0.498. The number of nitrogens with zero attached hydrogens (tertiary/aromatic N) is 2. The second-order valence-electron chi connectivity index (χ2n) is 8.48. The van der Waals surface area contributed by atoms with Gasteiger partial charge in [-0.05, 0) is 49.6 Å². The molecule has 182 valence electrons. The second kappa shape index (κ2) is 10.1. The molecule has 4 rings (SSSR count). The van der Waals surface area contributed by atoms with Crippen molar-refractivity contribution in [3.8, 4) is 5.75 Å². The normalized spacial score (nSPS) is 18.7. The third-order valence-electron chi connectivity index (χ3n) is 5.92. The van der Waals surface area contributed by atoms with E-state index in [0.29, 0.717) is 36.7 Å². The number of hydrogen-bond acceptors (Lipinski definition) is 6. The Morgan fingerprint density at radius 2 is 1.85 bits per heavy atom. The first kappa shape index (κ1) is 24.2. The number of nitrogens with one attached hydrogen (secondary N) is 2. The predicted octanol–water partition coefficient (Wildman–Crippen LogP) is 4.20. The number of aliphatic hydroxyl groups is 1. The van der Waals surface area contributed by atoms with E-state index in [4.69, 9.17) is 11.6 Å². The van der Waals surface area contributed by atoms with Crippen molar-refractivity contribution >= 4 is 40.6 Å². The Morgan fingerprint density at radius 1 is 1.15 bits per heavy atom. The van der Waals surface area contributed by atoms with Crippen molar-refractivity contribution in [1.82, 2.24) is 4.98 Å². The largest absolute Gasteiger partial charge is 0.487 e. The van der Waals surface area contributed by atoms with Gasteiger partial charge in [-0.3, -0.25) is 9.59 Å². The number of benzene rings is 1. The first-order valence-electron chi connectivity index (χ1n) is 11.1. The van der Waals surface area contributed by atoms with Gasteiger partial charge in [0.2, 0.25) is 5.91 Å². The number of amides is 2. The summed E-state index contributed by atoms with van der Waals surface area (Å²) >= 11 is 4.75. The Labute approximate surface area is 200 Å². The SMILES string of the molecule is O=C(Nc1ccc(OC(F)(F)Cl)cc1)c1cnc(N2CC[C@@H](O)C2)c(NC(=O)C2CCCC2)c1. The van der Waals surface area contributed by atoms with Crippen LogP contribution in [0.5, 0.6) is 5.75 Å². The number of β-amino-alcohol motifs (C(OH)–C–C–N with tert-alkyl or cyclic N) is 1. The second-order valence-corrected chi connectivity index (χ2v) is 8.92. The molecule has 3 N–H and O–H groups in total. The number of pyridine rings is 1. The van der Waals surface area contributed by atoms with Gasteiger partial charge in [0.25, 0.3) is 5.91 Å². The summed E-state index contributed by atoms with van der Waals surface area (Å²) in [7, 11) is 0. The van der Waals surface area contributed by atoms with E-state index in [1.807, 2.05) is 4.90 Å². The standard InChI is InChI=1S/C23H25ClF2N4O4/c24-23(25,26)34-18-7-5-16(6-8-18)28-22(33)15-11-19(29-21(32)14-3-1-2-4-14)20(27-12-15)30-10-9-17(31)13-30/h5-8,11-12,14,17,31H,1-4,9-10,13H2,(H,28,33)(H,29,32)/t17-/m1/s1. The number of carbonyl (C=O) groups excluding carboxylic acids is 2. The predicted molar refractivity (Wildman–Crippen MR) is 123 cm³/mol. The highest BCUT2D eigenvalue weighted by molar-refractivity contribution is 6.20. The van der Waals surface area contributed by atoms with E-state index in [0.717, 1.165) is 25.7 Å². The van der Waals surface area contributed by atoms with E-state index in [2.05, 4.69) is 20.4 Å². The van der Waals surface area contributed by atoms with Crippen LogP contribution in [0.3, 0.4) is 0 Å². The molecule has 1 saturated heterocycles. The van der Waals surface area contributed by atoms with Crippen molar-refractivity contribution in [2.75, 3.05) is 28.6 Å². The summed E-state index contributed by atoms with van der Waals surface area (Å²) in [5, 5.41) is 15.5. The maximum atomic E-state index is 12.8. The van der Waals surface area contributed by atoms with Crippen LogP contribution in [0.4, 0.5) is 26.0 Å². The van der Waals surface area contributed by atoms with Crippen molar-refractivity contribution in [2.45, 2.75) is 43.8 Å². The summed E-state index contributed by atoms with van der Waals surface area (Å²) < 4.78 is 29.8. The number of alkyl halides is 3. The highest BCUT2D eigenvalue weighted by Crippen LogP contribution is 2.31. The Balaban J connectivity index is 1.51. The fourth-order valence-corrected chi connectivity index (χ4v) is 4.31. The van der Waals surface area contributed by atoms with Crippen LogP contribution >= 0.6 is 11.6 Å². The molecule has 2 heterocycles. The summed E-state index contributed by atoms with van der Waals surface area (Å²) in [5.41, 5.74) is -2.87. The van der Waals surface area contributed by atoms with Gasteiger partial charge in [0.15, 0.2) is 5.82 Å². The van der Waals surface area contributed by atoms with E-state index >= 15 is 0 Å². The molecule has 34 heavy (non-hydrogen) atoms. The molecular formula is C23H25ClF2N4O4. The molecule has 2 aliphatic rings.